The van der Waals surface area contributed by atoms with Crippen LogP contribution in [0.25, 0.3) is 0 Å². The van der Waals surface area contributed by atoms with E-state index < -0.39 is 27.1 Å². The van der Waals surface area contributed by atoms with Crippen molar-refractivity contribution in [3.05, 3.63) is 0 Å². The zero-order valence-corrected chi connectivity index (χ0v) is 15.7. The molecule has 10 rings (SSSR count). The minimum atomic E-state index is -4.22. The minimum absolute atomic E-state index is 0. The first kappa shape index (κ1) is 10.3. The maximum absolute atomic E-state index is 11.8. The zero-order chi connectivity index (χ0) is 11.1. The van der Waals surface area contributed by atoms with Gasteiger partial charge in [-0.2, -0.15) is 0 Å². The van der Waals surface area contributed by atoms with E-state index in [-0.39, 0.29) is 59.1 Å². The largest absolute Gasteiger partial charge is 1.00 e. The molecule has 0 radical (unpaired) electrons. The molecule has 8 unspecified atom stereocenters. The van der Waals surface area contributed by atoms with Gasteiger partial charge in [0.1, 0.15) is 0 Å². The Balaban J connectivity index is 0.000000376. The SMILES string of the molecule is O=C([O-])[C]12[CH]3[CH]4[CH]5[CH]1[Fe]45321678[CH]2[CH]1[CH]6[C]7(C(=O)[O-])[CH]28.[Na+].[Na+]. The Hall–Kier alpha value is 1.46. The summed E-state index contributed by atoms with van der Waals surface area (Å²) in [6.45, 7) is -4.22. The summed E-state index contributed by atoms with van der Waals surface area (Å²) in [7, 11) is 0. The van der Waals surface area contributed by atoms with E-state index in [4.69, 9.17) is 0 Å². The van der Waals surface area contributed by atoms with Gasteiger partial charge in [0, 0.05) is 0 Å². The molecule has 0 aromatic heterocycles. The van der Waals surface area contributed by atoms with Crippen LogP contribution in [0.15, 0.2) is 0 Å². The van der Waals surface area contributed by atoms with Crippen molar-refractivity contribution in [2.24, 2.45) is 0 Å². The van der Waals surface area contributed by atoms with Crippen LogP contribution in [0, 0.1) is 0 Å². The third-order valence-corrected chi connectivity index (χ3v) is 58.0. The number of carboxylic acids is 2. The third-order valence-electron chi connectivity index (χ3n) is 15.4. The van der Waals surface area contributed by atoms with E-state index in [1.54, 1.807) is 0 Å². The number of hydrogen-bond acceptors (Lipinski definition) is 4. The fourth-order valence-corrected chi connectivity index (χ4v) is 92.4. The van der Waals surface area contributed by atoms with Crippen molar-refractivity contribution in [1.82, 2.24) is 0 Å². The monoisotopic (exact) mass is 318 g/mol. The smallest absolute Gasteiger partial charge is 1.00 e. The molecule has 0 aliphatic carbocycles. The molecule has 4 nitrogen and oxygen atoms in total. The van der Waals surface area contributed by atoms with E-state index in [9.17, 15) is 19.8 Å². The maximum atomic E-state index is 11.8. The van der Waals surface area contributed by atoms with Gasteiger partial charge in [0.2, 0.25) is 0 Å². The van der Waals surface area contributed by atoms with E-state index in [0.717, 1.165) is 0 Å². The van der Waals surface area contributed by atoms with E-state index in [1.165, 1.54) is 0 Å². The molecule has 10 fully saturated rings. The van der Waals surface area contributed by atoms with Crippen LogP contribution in [0.3, 0.4) is 0 Å². The van der Waals surface area contributed by atoms with Crippen LogP contribution in [0.2, 0.25) is 47.2 Å². The Bertz CT molecular complexity index is 1010. The fourth-order valence-electron chi connectivity index (χ4n) is 17.6. The van der Waals surface area contributed by atoms with Crippen LogP contribution < -0.4 is 69.3 Å². The van der Waals surface area contributed by atoms with Gasteiger partial charge in [-0.05, 0) is 0 Å². The van der Waals surface area contributed by atoms with Gasteiger partial charge in [0.05, 0.1) is 0 Å². The molecule has 10 aliphatic heterocycles. The summed E-state index contributed by atoms with van der Waals surface area (Å²) in [5.41, 5.74) is 0. The van der Waals surface area contributed by atoms with Gasteiger partial charge in [-0.3, -0.25) is 0 Å². The van der Waals surface area contributed by atoms with Gasteiger partial charge in [-0.15, -0.1) is 0 Å². The molecule has 0 aromatic rings. The Kier molecular flexibility index (Phi) is 0.458. The molecule has 0 saturated carbocycles. The molecule has 8 atom stereocenters. The number of fused-ring (bicyclic) bond motifs is 10. The topological polar surface area (TPSA) is 80.3 Å². The summed E-state index contributed by atoms with van der Waals surface area (Å²) >= 11 is 0. The van der Waals surface area contributed by atoms with Crippen molar-refractivity contribution >= 4 is 11.9 Å². The zero-order valence-electron chi connectivity index (χ0n) is 10.6. The summed E-state index contributed by atoms with van der Waals surface area (Å²) in [6.07, 6.45) is 0. The van der Waals surface area contributed by atoms with Crippen LogP contribution in [-0.4, -0.2) is 11.9 Å². The first-order valence-corrected chi connectivity index (χ1v) is 12.7. The van der Waals surface area contributed by atoms with E-state index in [0.29, 0.717) is 38.5 Å². The molecular formula is C12H8FeNa2O4. The number of carbonyl (C=O) groups is 2. The van der Waals surface area contributed by atoms with E-state index in [2.05, 4.69) is 0 Å². The van der Waals surface area contributed by atoms with Crippen LogP contribution >= 0.6 is 0 Å². The normalized spacial score (nSPS) is 110. The Morgan fingerprint density at radius 1 is 0.737 bits per heavy atom. The van der Waals surface area contributed by atoms with Crippen molar-refractivity contribution in [2.45, 2.75) is 47.2 Å². The standard InChI is InChI=1S/2C6H5O2.Fe.2Na/c2*7-6(8)5-3-1-2-4-5;;;/h2*1-4H,(H,7,8);;;/q;;;2*+1/p-2. The minimum Gasteiger partial charge on any atom is 1.00 e. The summed E-state index contributed by atoms with van der Waals surface area (Å²) in [4.78, 5) is 27.9. The molecule has 90 valence electrons. The van der Waals surface area contributed by atoms with Crippen molar-refractivity contribution < 1.29 is 85.4 Å². The Morgan fingerprint density at radius 3 is 1.11 bits per heavy atom. The number of hydrogen-bond donors (Lipinski definition) is 0. The van der Waals surface area contributed by atoms with Crippen molar-refractivity contribution in [1.29, 1.82) is 0 Å². The molecular weight excluding hydrogens is 310 g/mol. The first-order valence-electron chi connectivity index (χ1n) is 6.46. The Morgan fingerprint density at radius 2 is 1.00 bits per heavy atom. The van der Waals surface area contributed by atoms with Crippen LogP contribution in [-0.2, 0) is 16.1 Å². The number of carboxylic acid groups (broad SMARTS) is 2. The fraction of sp³-hybridized carbons (Fsp3) is 0.833. The summed E-state index contributed by atoms with van der Waals surface area (Å²) < 4.78 is -0.955. The van der Waals surface area contributed by atoms with Gasteiger partial charge in [-0.1, -0.05) is 0 Å². The number of carbonyl (C=O) groups excluding carboxylic acids is 2. The molecule has 7 heteroatoms. The molecule has 19 heavy (non-hydrogen) atoms. The average Bonchev–Trinajstić information content (AvgIpc) is 3.22. The molecule has 1 spiro atoms. The van der Waals surface area contributed by atoms with Gasteiger partial charge < -0.3 is 0 Å². The van der Waals surface area contributed by atoms with E-state index >= 15 is 0 Å². The number of aliphatic carboxylic acids is 2. The van der Waals surface area contributed by atoms with Gasteiger partial charge in [-0.25, -0.2) is 0 Å². The molecule has 10 saturated heterocycles. The van der Waals surface area contributed by atoms with Crippen LogP contribution in [0.1, 0.15) is 0 Å². The number of rotatable bonds is 2. The molecule has 10 heterocycles. The maximum Gasteiger partial charge on any atom is 1.00 e. The second-order valence-electron chi connectivity index (χ2n) is 10.4. The molecule has 0 aromatic carbocycles. The summed E-state index contributed by atoms with van der Waals surface area (Å²) in [5, 5.41) is 23.7. The quantitative estimate of drug-likeness (QED) is 0.475. The second-order valence-corrected chi connectivity index (χ2v) is 33.6. The Labute approximate surface area is 142 Å². The van der Waals surface area contributed by atoms with Crippen molar-refractivity contribution in [3.8, 4) is 0 Å². The summed E-state index contributed by atoms with van der Waals surface area (Å²) in [6, 6.07) is 0. The van der Waals surface area contributed by atoms with Crippen molar-refractivity contribution in [3.63, 3.8) is 0 Å². The molecule has 0 bridgehead atoms. The molecule has 10 aliphatic rings. The van der Waals surface area contributed by atoms with Gasteiger partial charge in [0.25, 0.3) is 0 Å². The van der Waals surface area contributed by atoms with Gasteiger partial charge >= 0.3 is 145 Å². The molecule has 0 N–H and O–H groups in total. The van der Waals surface area contributed by atoms with Crippen LogP contribution in [0.4, 0.5) is 0 Å². The average molecular weight is 318 g/mol. The third kappa shape index (κ3) is 0.103. The van der Waals surface area contributed by atoms with Crippen LogP contribution in [0.5, 0.6) is 0 Å². The molecule has 0 amide bonds. The first-order chi connectivity index (χ1) is 7.82. The predicted molar refractivity (Wildman–Crippen MR) is 45.4 cm³/mol. The van der Waals surface area contributed by atoms with Gasteiger partial charge in [0.15, 0.2) is 0 Å². The van der Waals surface area contributed by atoms with Crippen molar-refractivity contribution in [2.75, 3.05) is 0 Å². The summed E-state index contributed by atoms with van der Waals surface area (Å²) in [5.74, 6) is -1.63. The second kappa shape index (κ2) is 0.847. The predicted octanol–water partition coefficient (Wildman–Crippen LogP) is -6.38. The van der Waals surface area contributed by atoms with E-state index in [1.807, 2.05) is 0 Å².